The summed E-state index contributed by atoms with van der Waals surface area (Å²) in [5.74, 6) is 6.63. The number of rotatable bonds is 7. The lowest BCUT2D eigenvalue weighted by atomic mass is 10.1. The number of carbonyl (C=O) groups excluding carboxylic acids is 1. The lowest BCUT2D eigenvalue weighted by Crippen LogP contribution is -2.04. The van der Waals surface area contributed by atoms with E-state index in [-0.39, 0.29) is 0 Å². The number of hydrogen-bond acceptors (Lipinski definition) is 4. The Morgan fingerprint density at radius 2 is 1.39 bits per heavy atom. The highest BCUT2D eigenvalue weighted by Crippen LogP contribution is 2.14. The predicted octanol–water partition coefficient (Wildman–Crippen LogP) is 4.81. The largest absolute Gasteiger partial charge is 0.489 e. The predicted molar refractivity (Wildman–Crippen MR) is 119 cm³/mol. The van der Waals surface area contributed by atoms with Crippen LogP contribution in [0.15, 0.2) is 85.5 Å². The Kier molecular flexibility index (Phi) is 7.64. The molecular formula is C27H21NO3. The van der Waals surface area contributed by atoms with E-state index in [0.29, 0.717) is 25.2 Å². The van der Waals surface area contributed by atoms with E-state index in [4.69, 9.17) is 14.7 Å². The van der Waals surface area contributed by atoms with Gasteiger partial charge >= 0.3 is 5.97 Å². The Balaban J connectivity index is 1.51. The molecule has 0 fully saturated rings. The topological polar surface area (TPSA) is 59.3 Å². The fourth-order valence-electron chi connectivity index (χ4n) is 2.70. The maximum atomic E-state index is 11.0. The molecule has 3 aromatic rings. The minimum atomic E-state index is -0.408. The molecule has 0 saturated carbocycles. The highest BCUT2D eigenvalue weighted by atomic mass is 16.5. The molecule has 31 heavy (non-hydrogen) atoms. The number of hydrogen-bond donors (Lipinski definition) is 0. The third kappa shape index (κ3) is 6.92. The van der Waals surface area contributed by atoms with Crippen molar-refractivity contribution in [3.05, 3.63) is 113 Å². The van der Waals surface area contributed by atoms with Crippen LogP contribution in [0.4, 0.5) is 0 Å². The first-order valence-corrected chi connectivity index (χ1v) is 9.78. The molecule has 4 heteroatoms. The van der Waals surface area contributed by atoms with Crippen LogP contribution in [-0.2, 0) is 22.6 Å². The number of carbonyl (C=O) groups is 1. The second kappa shape index (κ2) is 11.0. The average Bonchev–Trinajstić information content (AvgIpc) is 2.83. The Morgan fingerprint density at radius 3 is 1.94 bits per heavy atom. The van der Waals surface area contributed by atoms with Gasteiger partial charge in [0.25, 0.3) is 0 Å². The van der Waals surface area contributed by atoms with Gasteiger partial charge in [-0.15, -0.1) is 0 Å². The van der Waals surface area contributed by atoms with Gasteiger partial charge in [0.1, 0.15) is 12.4 Å². The number of esters is 1. The minimum Gasteiger partial charge on any atom is -0.489 e. The Hall–Kier alpha value is -4.28. The molecule has 0 aliphatic heterocycles. The van der Waals surface area contributed by atoms with E-state index in [1.165, 1.54) is 0 Å². The molecule has 4 nitrogen and oxygen atoms in total. The standard InChI is InChI=1S/C27H21NO3/c1-2-27(29)30-18-17-23-7-5-21(6-8-23)3-4-22-9-11-25(12-10-22)20-31-26-15-13-24(19-28)14-16-26/h2,5-16H,1,17-18,20H2. The Labute approximate surface area is 182 Å². The van der Waals surface area contributed by atoms with Crippen molar-refractivity contribution >= 4 is 5.97 Å². The number of nitriles is 1. The van der Waals surface area contributed by atoms with Gasteiger partial charge in [0.2, 0.25) is 0 Å². The third-order valence-electron chi connectivity index (χ3n) is 4.45. The number of benzene rings is 3. The number of nitrogens with zero attached hydrogens (tertiary/aromatic N) is 1. The highest BCUT2D eigenvalue weighted by Gasteiger charge is 1.99. The molecule has 0 bridgehead atoms. The van der Waals surface area contributed by atoms with Gasteiger partial charge in [0.05, 0.1) is 18.2 Å². The minimum absolute atomic E-state index is 0.330. The molecule has 0 N–H and O–H groups in total. The van der Waals surface area contributed by atoms with Crippen molar-refractivity contribution in [2.45, 2.75) is 13.0 Å². The van der Waals surface area contributed by atoms with E-state index >= 15 is 0 Å². The molecule has 3 aromatic carbocycles. The van der Waals surface area contributed by atoms with E-state index in [1.807, 2.05) is 48.5 Å². The van der Waals surface area contributed by atoms with Crippen LogP contribution in [0.25, 0.3) is 0 Å². The van der Waals surface area contributed by atoms with Crippen molar-refractivity contribution < 1.29 is 14.3 Å². The Bertz CT molecular complexity index is 1130. The van der Waals surface area contributed by atoms with Crippen molar-refractivity contribution in [1.82, 2.24) is 0 Å². The number of ether oxygens (including phenoxy) is 2. The van der Waals surface area contributed by atoms with E-state index in [9.17, 15) is 4.79 Å². The quantitative estimate of drug-likeness (QED) is 0.320. The molecule has 0 aromatic heterocycles. The molecule has 0 aliphatic rings. The van der Waals surface area contributed by atoms with Crippen LogP contribution in [0.3, 0.4) is 0 Å². The van der Waals surface area contributed by atoms with Crippen molar-refractivity contribution in [3.8, 4) is 23.7 Å². The molecule has 0 radical (unpaired) electrons. The van der Waals surface area contributed by atoms with Gasteiger partial charge in [-0.3, -0.25) is 0 Å². The highest BCUT2D eigenvalue weighted by molar-refractivity contribution is 5.81. The van der Waals surface area contributed by atoms with E-state index in [1.54, 1.807) is 24.3 Å². The van der Waals surface area contributed by atoms with Crippen LogP contribution in [0.2, 0.25) is 0 Å². The van der Waals surface area contributed by atoms with Crippen molar-refractivity contribution in [2.24, 2.45) is 0 Å². The molecule has 0 heterocycles. The molecule has 3 rings (SSSR count). The lowest BCUT2D eigenvalue weighted by molar-refractivity contribution is -0.137. The molecular weight excluding hydrogens is 386 g/mol. The molecule has 0 unspecified atom stereocenters. The van der Waals surface area contributed by atoms with Gasteiger partial charge in [0.15, 0.2) is 0 Å². The van der Waals surface area contributed by atoms with Crippen molar-refractivity contribution in [1.29, 1.82) is 5.26 Å². The van der Waals surface area contributed by atoms with Crippen LogP contribution < -0.4 is 4.74 Å². The average molecular weight is 407 g/mol. The van der Waals surface area contributed by atoms with Gasteiger partial charge in [-0.1, -0.05) is 42.7 Å². The van der Waals surface area contributed by atoms with E-state index in [0.717, 1.165) is 34.1 Å². The zero-order valence-corrected chi connectivity index (χ0v) is 17.0. The summed E-state index contributed by atoms with van der Waals surface area (Å²) >= 11 is 0. The monoisotopic (exact) mass is 407 g/mol. The SMILES string of the molecule is C=CC(=O)OCCc1ccc(C#Cc2ccc(COc3ccc(C#N)cc3)cc2)cc1. The summed E-state index contributed by atoms with van der Waals surface area (Å²) in [5, 5.41) is 8.83. The summed E-state index contributed by atoms with van der Waals surface area (Å²) in [7, 11) is 0. The van der Waals surface area contributed by atoms with Gasteiger partial charge in [0, 0.05) is 23.6 Å². The second-order valence-corrected chi connectivity index (χ2v) is 6.69. The van der Waals surface area contributed by atoms with Gasteiger partial charge < -0.3 is 9.47 Å². The van der Waals surface area contributed by atoms with Crippen LogP contribution in [-0.4, -0.2) is 12.6 Å². The van der Waals surface area contributed by atoms with Crippen molar-refractivity contribution in [2.75, 3.05) is 6.61 Å². The maximum Gasteiger partial charge on any atom is 0.330 e. The summed E-state index contributed by atoms with van der Waals surface area (Å²) in [6.45, 7) is 4.15. The summed E-state index contributed by atoms with van der Waals surface area (Å²) < 4.78 is 10.7. The first-order chi connectivity index (χ1) is 15.2. The summed E-state index contributed by atoms with van der Waals surface area (Å²) in [6.07, 6.45) is 1.81. The maximum absolute atomic E-state index is 11.0. The van der Waals surface area contributed by atoms with Crippen LogP contribution in [0, 0.1) is 23.2 Å². The zero-order chi connectivity index (χ0) is 21.9. The van der Waals surface area contributed by atoms with Gasteiger partial charge in [-0.25, -0.2) is 4.79 Å². The lowest BCUT2D eigenvalue weighted by Gasteiger charge is -2.06. The second-order valence-electron chi connectivity index (χ2n) is 6.69. The van der Waals surface area contributed by atoms with E-state index in [2.05, 4.69) is 24.5 Å². The van der Waals surface area contributed by atoms with Crippen LogP contribution in [0.1, 0.15) is 27.8 Å². The summed E-state index contributed by atoms with van der Waals surface area (Å²) in [5.41, 5.74) is 4.56. The van der Waals surface area contributed by atoms with Crippen molar-refractivity contribution in [3.63, 3.8) is 0 Å². The molecule has 0 amide bonds. The molecule has 0 aliphatic carbocycles. The zero-order valence-electron chi connectivity index (χ0n) is 17.0. The van der Waals surface area contributed by atoms with Gasteiger partial charge in [-0.2, -0.15) is 5.26 Å². The smallest absolute Gasteiger partial charge is 0.330 e. The third-order valence-corrected chi connectivity index (χ3v) is 4.45. The molecule has 0 spiro atoms. The summed E-state index contributed by atoms with van der Waals surface area (Å²) in [6, 6.07) is 24.9. The fraction of sp³-hybridized carbons (Fsp3) is 0.111. The Morgan fingerprint density at radius 1 is 0.839 bits per heavy atom. The molecule has 152 valence electrons. The van der Waals surface area contributed by atoms with Gasteiger partial charge in [-0.05, 0) is 59.7 Å². The summed E-state index contributed by atoms with van der Waals surface area (Å²) in [4.78, 5) is 11.0. The van der Waals surface area contributed by atoms with E-state index < -0.39 is 5.97 Å². The normalized spacial score (nSPS) is 9.65. The first kappa shape index (κ1) is 21.4. The molecule has 0 atom stereocenters. The van der Waals surface area contributed by atoms with Crippen LogP contribution in [0.5, 0.6) is 5.75 Å². The molecule has 0 saturated heterocycles. The first-order valence-electron chi connectivity index (χ1n) is 9.78. The fourth-order valence-corrected chi connectivity index (χ4v) is 2.70. The van der Waals surface area contributed by atoms with Crippen LogP contribution >= 0.6 is 0 Å².